The van der Waals surface area contributed by atoms with Crippen molar-refractivity contribution in [3.05, 3.63) is 29.8 Å². The number of aliphatic carboxylic acids is 1. The molecule has 1 unspecified atom stereocenters. The predicted molar refractivity (Wildman–Crippen MR) is 126 cm³/mol. The molecule has 1 saturated heterocycles. The number of carbonyl (C=O) groups excluding carboxylic acids is 1. The number of hydrogen-bond acceptors (Lipinski definition) is 8. The van der Waals surface area contributed by atoms with Gasteiger partial charge in [0.05, 0.1) is 10.9 Å². The minimum absolute atomic E-state index is 0.226. The van der Waals surface area contributed by atoms with Crippen molar-refractivity contribution in [2.24, 2.45) is 0 Å². The van der Waals surface area contributed by atoms with Gasteiger partial charge < -0.3 is 20.6 Å². The molecule has 0 radical (unpaired) electrons. The molecule has 4 heterocycles. The fourth-order valence-electron chi connectivity index (χ4n) is 3.70. The summed E-state index contributed by atoms with van der Waals surface area (Å²) in [5, 5.41) is 18.5. The Morgan fingerprint density at radius 1 is 1.16 bits per heavy atom. The average Bonchev–Trinajstić information content (AvgIpc) is 3.42. The van der Waals surface area contributed by atoms with Crippen molar-refractivity contribution in [2.45, 2.75) is 45.3 Å². The first-order chi connectivity index (χ1) is 17.6. The second kappa shape index (κ2) is 10.8. The summed E-state index contributed by atoms with van der Waals surface area (Å²) < 4.78 is 61.2. The molecule has 3 aromatic heterocycles. The van der Waals surface area contributed by atoms with Crippen molar-refractivity contribution in [1.82, 2.24) is 30.0 Å². The number of pyridine rings is 1. The number of amides is 1. The number of nitrogens with one attached hydrogen (secondary N) is 2. The maximum atomic E-state index is 14.0. The van der Waals surface area contributed by atoms with E-state index in [1.54, 1.807) is 25.3 Å². The monoisotopic (exact) mass is 544 g/mol. The molecule has 0 aliphatic carbocycles. The van der Waals surface area contributed by atoms with Crippen LogP contribution in [-0.2, 0) is 15.5 Å². The lowest BCUT2D eigenvalue weighted by molar-refractivity contribution is -0.192. The van der Waals surface area contributed by atoms with Crippen LogP contribution in [0, 0.1) is 6.92 Å². The molecule has 16 heteroatoms. The Bertz CT molecular complexity index is 1340. The molecule has 1 aliphatic rings. The number of nitrogens with zero attached hydrogens (tertiary/aromatic N) is 6. The van der Waals surface area contributed by atoms with Crippen molar-refractivity contribution in [3.8, 4) is 5.82 Å². The van der Waals surface area contributed by atoms with Gasteiger partial charge in [-0.1, -0.05) is 0 Å². The second-order valence-corrected chi connectivity index (χ2v) is 8.61. The maximum Gasteiger partial charge on any atom is 0.490 e. The van der Waals surface area contributed by atoms with Gasteiger partial charge in [0.2, 0.25) is 11.7 Å². The third-order valence-electron chi connectivity index (χ3n) is 5.44. The molecule has 11 nitrogen and oxygen atoms in total. The second-order valence-electron chi connectivity index (χ2n) is 8.61. The number of aromatic nitrogens is 5. The molecule has 1 aliphatic heterocycles. The van der Waals surface area contributed by atoms with Crippen LogP contribution in [0.4, 0.5) is 33.6 Å². The number of carboxylic acid groups (broad SMARTS) is 1. The van der Waals surface area contributed by atoms with Gasteiger partial charge in [-0.05, 0) is 20.4 Å². The molecular formula is C22H25F5N8O3. The minimum atomic E-state index is -5.08. The molecule has 1 atom stereocenters. The van der Waals surface area contributed by atoms with E-state index in [2.05, 4.69) is 30.5 Å². The molecular weight excluding hydrogens is 519 g/mol. The first-order valence-corrected chi connectivity index (χ1v) is 11.2. The lowest BCUT2D eigenvalue weighted by Gasteiger charge is -2.15. The van der Waals surface area contributed by atoms with Crippen LogP contribution >= 0.6 is 0 Å². The summed E-state index contributed by atoms with van der Waals surface area (Å²) in [5.41, 5.74) is 1.00. The van der Waals surface area contributed by atoms with Crippen LogP contribution in [0.25, 0.3) is 16.7 Å². The van der Waals surface area contributed by atoms with Crippen molar-refractivity contribution in [3.63, 3.8) is 0 Å². The van der Waals surface area contributed by atoms with Gasteiger partial charge in [0.15, 0.2) is 11.6 Å². The van der Waals surface area contributed by atoms with E-state index in [1.807, 2.05) is 7.05 Å². The van der Waals surface area contributed by atoms with Gasteiger partial charge >= 0.3 is 18.1 Å². The largest absolute Gasteiger partial charge is 0.490 e. The smallest absolute Gasteiger partial charge is 0.475 e. The van der Waals surface area contributed by atoms with Crippen LogP contribution in [0.3, 0.4) is 0 Å². The molecule has 0 spiro atoms. The van der Waals surface area contributed by atoms with E-state index < -0.39 is 23.9 Å². The third-order valence-corrected chi connectivity index (χ3v) is 5.44. The highest BCUT2D eigenvalue weighted by Crippen LogP contribution is 2.32. The van der Waals surface area contributed by atoms with Crippen LogP contribution in [0.15, 0.2) is 18.3 Å². The van der Waals surface area contributed by atoms with Crippen LogP contribution in [-0.4, -0.2) is 74.1 Å². The number of likely N-dealkylation sites (N-methyl/N-ethyl adjacent to an activating group) is 1. The number of halogens is 5. The van der Waals surface area contributed by atoms with Gasteiger partial charge in [-0.2, -0.15) is 22.0 Å². The number of fused-ring (bicyclic) bond motifs is 1. The number of aryl methyl sites for hydroxylation is 1. The molecule has 3 N–H and O–H groups in total. The molecule has 4 rings (SSSR count). The van der Waals surface area contributed by atoms with Crippen LogP contribution in [0.2, 0.25) is 0 Å². The topological polar surface area (TPSA) is 138 Å². The Labute approximate surface area is 213 Å². The van der Waals surface area contributed by atoms with E-state index >= 15 is 0 Å². The zero-order valence-electron chi connectivity index (χ0n) is 20.8. The maximum absolute atomic E-state index is 14.0. The standard InChI is InChI=1S/C20H24F2N8O.C2HF3O2/c1-11-7-17(27-19(25-11)20(3,21)22)30-15-8-16(26-12(2)31)24-9-14(15)18(28-30)29-6-5-13(10-29)23-4;3-2(4,5)1(6)7/h7-9,13,23H,5-6,10H2,1-4H3,(H,24,26,31);(H,6,7). The Hall–Kier alpha value is -3.95. The molecule has 38 heavy (non-hydrogen) atoms. The van der Waals surface area contributed by atoms with Crippen LogP contribution in [0.5, 0.6) is 0 Å². The third kappa shape index (κ3) is 6.67. The Balaban J connectivity index is 0.000000505. The highest BCUT2D eigenvalue weighted by atomic mass is 19.4. The van der Waals surface area contributed by atoms with Crippen LogP contribution in [0.1, 0.15) is 31.8 Å². The molecule has 1 fully saturated rings. The minimum Gasteiger partial charge on any atom is -0.475 e. The zero-order valence-corrected chi connectivity index (χ0v) is 20.8. The van der Waals surface area contributed by atoms with Gasteiger partial charge in [-0.15, -0.1) is 5.10 Å². The van der Waals surface area contributed by atoms with Gasteiger partial charge in [0, 0.05) is 57.0 Å². The summed E-state index contributed by atoms with van der Waals surface area (Å²) in [6, 6.07) is 3.60. The van der Waals surface area contributed by atoms with E-state index in [9.17, 15) is 26.7 Å². The number of anilines is 2. The fourth-order valence-corrected chi connectivity index (χ4v) is 3.70. The number of carboxylic acids is 1. The van der Waals surface area contributed by atoms with Gasteiger partial charge in [-0.3, -0.25) is 4.79 Å². The lowest BCUT2D eigenvalue weighted by atomic mass is 10.3. The summed E-state index contributed by atoms with van der Waals surface area (Å²) in [6.07, 6.45) is -2.49. The predicted octanol–water partition coefficient (Wildman–Crippen LogP) is 3.02. The lowest BCUT2D eigenvalue weighted by Crippen LogP contribution is -2.29. The molecule has 0 aromatic carbocycles. The first kappa shape index (κ1) is 28.6. The Morgan fingerprint density at radius 2 is 1.82 bits per heavy atom. The normalized spacial score (nSPS) is 15.8. The number of hydrogen-bond donors (Lipinski definition) is 3. The van der Waals surface area contributed by atoms with E-state index in [4.69, 9.17) is 15.0 Å². The van der Waals surface area contributed by atoms with Crippen molar-refractivity contribution in [2.75, 3.05) is 30.4 Å². The number of carbonyl (C=O) groups is 2. The SMILES string of the molecule is CNC1CCN(c2nn(-c3cc(C)nc(C(C)(F)F)n3)c3cc(NC(C)=O)ncc23)C1.O=C(O)C(F)(F)F. The van der Waals surface area contributed by atoms with Gasteiger partial charge in [0.25, 0.3) is 0 Å². The van der Waals surface area contributed by atoms with E-state index in [0.717, 1.165) is 31.8 Å². The summed E-state index contributed by atoms with van der Waals surface area (Å²) in [4.78, 5) is 34.8. The first-order valence-electron chi connectivity index (χ1n) is 11.2. The van der Waals surface area contributed by atoms with Gasteiger partial charge in [0.1, 0.15) is 5.82 Å². The molecule has 1 amide bonds. The quantitative estimate of drug-likeness (QED) is 0.414. The zero-order chi connectivity index (χ0) is 28.4. The molecule has 0 saturated carbocycles. The van der Waals surface area contributed by atoms with Crippen LogP contribution < -0.4 is 15.5 Å². The highest BCUT2D eigenvalue weighted by Gasteiger charge is 2.38. The highest BCUT2D eigenvalue weighted by molar-refractivity contribution is 5.95. The van der Waals surface area contributed by atoms with E-state index in [0.29, 0.717) is 28.9 Å². The van der Waals surface area contributed by atoms with E-state index in [-0.39, 0.29) is 11.7 Å². The summed E-state index contributed by atoms with van der Waals surface area (Å²) in [5.74, 6) is -5.52. The van der Waals surface area contributed by atoms with Crippen molar-refractivity contribution >= 4 is 34.4 Å². The van der Waals surface area contributed by atoms with Crippen molar-refractivity contribution in [1.29, 1.82) is 0 Å². The fraction of sp³-hybridized carbons (Fsp3) is 0.455. The van der Waals surface area contributed by atoms with Gasteiger partial charge in [-0.25, -0.2) is 24.4 Å². The molecule has 3 aromatic rings. The number of rotatable bonds is 5. The summed E-state index contributed by atoms with van der Waals surface area (Å²) in [7, 11) is 1.92. The molecule has 206 valence electrons. The average molecular weight is 544 g/mol. The summed E-state index contributed by atoms with van der Waals surface area (Å²) >= 11 is 0. The summed E-state index contributed by atoms with van der Waals surface area (Å²) in [6.45, 7) is 5.35. The molecule has 0 bridgehead atoms. The Morgan fingerprint density at radius 3 is 2.34 bits per heavy atom. The number of alkyl halides is 5. The van der Waals surface area contributed by atoms with E-state index in [1.165, 1.54) is 11.6 Å². The van der Waals surface area contributed by atoms with Crippen molar-refractivity contribution < 1.29 is 36.6 Å². The Kier molecular flexibility index (Phi) is 8.14.